The number of hydrogen-bond donors (Lipinski definition) is 0. The Bertz CT molecular complexity index is 283. The zero-order valence-corrected chi connectivity index (χ0v) is 9.33. The third kappa shape index (κ3) is 5.78. The molecule has 4 nitrogen and oxygen atoms in total. The second kappa shape index (κ2) is 5.44. The molecule has 0 aliphatic carbocycles. The zero-order chi connectivity index (χ0) is 12.1. The second-order valence-electron chi connectivity index (χ2n) is 4.08. The van der Waals surface area contributed by atoms with Gasteiger partial charge in [-0.1, -0.05) is 6.08 Å². The van der Waals surface area contributed by atoms with Crippen LogP contribution < -0.4 is 0 Å². The van der Waals surface area contributed by atoms with Crippen LogP contribution in [0.4, 0.5) is 0 Å². The Kier molecular flexibility index (Phi) is 4.91. The predicted octanol–water partition coefficient (Wildman–Crippen LogP) is 1.43. The van der Waals surface area contributed by atoms with Gasteiger partial charge in [-0.2, -0.15) is 0 Å². The first kappa shape index (κ1) is 13.5. The number of ketones is 2. The standard InChI is InChI=1S/C11H16O4/c1-5-6-7-8(12)9(13)10(14)15-11(2,3)4/h5H,1,6-7H2,2-4H3. The Balaban J connectivity index is 4.27. The quantitative estimate of drug-likeness (QED) is 0.299. The molecule has 4 heteroatoms. The van der Waals surface area contributed by atoms with Gasteiger partial charge in [0.05, 0.1) is 0 Å². The van der Waals surface area contributed by atoms with E-state index in [9.17, 15) is 14.4 Å². The monoisotopic (exact) mass is 212 g/mol. The van der Waals surface area contributed by atoms with Gasteiger partial charge in [-0.15, -0.1) is 6.58 Å². The lowest BCUT2D eigenvalue weighted by Crippen LogP contribution is -2.32. The highest BCUT2D eigenvalue weighted by Crippen LogP contribution is 2.07. The van der Waals surface area contributed by atoms with Crippen molar-refractivity contribution in [3.8, 4) is 0 Å². The molecule has 0 fully saturated rings. The summed E-state index contributed by atoms with van der Waals surface area (Å²) in [5.74, 6) is -2.91. The summed E-state index contributed by atoms with van der Waals surface area (Å²) in [6, 6.07) is 0. The molecule has 0 saturated carbocycles. The highest BCUT2D eigenvalue weighted by molar-refractivity contribution is 6.62. The Labute approximate surface area is 89.3 Å². The molecule has 0 aliphatic rings. The molecule has 0 unspecified atom stereocenters. The SMILES string of the molecule is C=CCCC(=O)C(=O)C(=O)OC(C)(C)C. The smallest absolute Gasteiger partial charge is 0.383 e. The number of ether oxygens (including phenoxy) is 1. The van der Waals surface area contributed by atoms with Gasteiger partial charge in [0.25, 0.3) is 0 Å². The second-order valence-corrected chi connectivity index (χ2v) is 4.08. The van der Waals surface area contributed by atoms with Crippen LogP contribution in [0.2, 0.25) is 0 Å². The van der Waals surface area contributed by atoms with Crippen LogP contribution in [0.1, 0.15) is 33.6 Å². The third-order valence-electron chi connectivity index (χ3n) is 1.41. The van der Waals surface area contributed by atoms with E-state index in [1.54, 1.807) is 20.8 Å². The van der Waals surface area contributed by atoms with E-state index >= 15 is 0 Å². The van der Waals surface area contributed by atoms with Crippen LogP contribution in [-0.4, -0.2) is 23.1 Å². The molecule has 84 valence electrons. The average molecular weight is 212 g/mol. The molecule has 0 spiro atoms. The highest BCUT2D eigenvalue weighted by Gasteiger charge is 2.27. The van der Waals surface area contributed by atoms with Crippen molar-refractivity contribution in [2.24, 2.45) is 0 Å². The van der Waals surface area contributed by atoms with E-state index in [2.05, 4.69) is 6.58 Å². The lowest BCUT2D eigenvalue weighted by molar-refractivity contribution is -0.164. The van der Waals surface area contributed by atoms with Crippen molar-refractivity contribution in [1.29, 1.82) is 0 Å². The van der Waals surface area contributed by atoms with Crippen molar-refractivity contribution in [3.05, 3.63) is 12.7 Å². The maximum absolute atomic E-state index is 11.2. The first-order valence-corrected chi connectivity index (χ1v) is 4.69. The molecule has 0 amide bonds. The molecule has 0 radical (unpaired) electrons. The summed E-state index contributed by atoms with van der Waals surface area (Å²) in [5.41, 5.74) is -0.758. The summed E-state index contributed by atoms with van der Waals surface area (Å²) in [4.78, 5) is 33.4. The van der Waals surface area contributed by atoms with E-state index in [0.717, 1.165) is 0 Å². The van der Waals surface area contributed by atoms with Gasteiger partial charge in [-0.3, -0.25) is 9.59 Å². The van der Waals surface area contributed by atoms with Gasteiger partial charge in [0.15, 0.2) is 0 Å². The molecule has 0 heterocycles. The van der Waals surface area contributed by atoms with Crippen molar-refractivity contribution in [2.75, 3.05) is 0 Å². The molecule has 0 atom stereocenters. The molecule has 0 saturated heterocycles. The van der Waals surface area contributed by atoms with Crippen LogP contribution in [0.5, 0.6) is 0 Å². The summed E-state index contributed by atoms with van der Waals surface area (Å²) >= 11 is 0. The van der Waals surface area contributed by atoms with Crippen molar-refractivity contribution in [3.63, 3.8) is 0 Å². The van der Waals surface area contributed by atoms with Crippen molar-refractivity contribution < 1.29 is 19.1 Å². The molecule has 0 aromatic rings. The minimum absolute atomic E-state index is 0.00156. The lowest BCUT2D eigenvalue weighted by Gasteiger charge is -2.18. The average Bonchev–Trinajstić information content (AvgIpc) is 2.10. The number of carbonyl (C=O) groups excluding carboxylic acids is 3. The largest absolute Gasteiger partial charge is 0.454 e. The van der Waals surface area contributed by atoms with E-state index in [1.807, 2.05) is 0 Å². The Morgan fingerprint density at radius 1 is 1.27 bits per heavy atom. The number of allylic oxidation sites excluding steroid dienone is 1. The van der Waals surface area contributed by atoms with Gasteiger partial charge in [0.1, 0.15) is 5.60 Å². The molecular formula is C11H16O4. The van der Waals surface area contributed by atoms with Crippen LogP contribution in [0.15, 0.2) is 12.7 Å². The number of hydrogen-bond acceptors (Lipinski definition) is 4. The molecule has 0 N–H and O–H groups in total. The van der Waals surface area contributed by atoms with Crippen molar-refractivity contribution in [2.45, 2.75) is 39.2 Å². The van der Waals surface area contributed by atoms with Crippen LogP contribution in [0.3, 0.4) is 0 Å². The van der Waals surface area contributed by atoms with Gasteiger partial charge in [-0.05, 0) is 27.2 Å². The van der Waals surface area contributed by atoms with E-state index in [4.69, 9.17) is 4.74 Å². The molecule has 0 bridgehead atoms. The third-order valence-corrected chi connectivity index (χ3v) is 1.41. The molecule has 0 aromatic heterocycles. The van der Waals surface area contributed by atoms with Crippen LogP contribution in [0, 0.1) is 0 Å². The maximum Gasteiger partial charge on any atom is 0.383 e. The van der Waals surface area contributed by atoms with Crippen molar-refractivity contribution >= 4 is 17.5 Å². The van der Waals surface area contributed by atoms with E-state index in [0.29, 0.717) is 6.42 Å². The lowest BCUT2D eigenvalue weighted by atomic mass is 10.1. The predicted molar refractivity (Wildman–Crippen MR) is 55.3 cm³/mol. The molecule has 0 aliphatic heterocycles. The van der Waals surface area contributed by atoms with Crippen LogP contribution in [0.25, 0.3) is 0 Å². The van der Waals surface area contributed by atoms with Crippen LogP contribution in [-0.2, 0) is 19.1 Å². The number of Topliss-reactive ketones (excluding diaryl/α,β-unsaturated/α-hetero) is 2. The minimum atomic E-state index is -1.09. The van der Waals surface area contributed by atoms with E-state index < -0.39 is 23.1 Å². The van der Waals surface area contributed by atoms with Crippen LogP contribution >= 0.6 is 0 Å². The Morgan fingerprint density at radius 3 is 2.20 bits per heavy atom. The summed E-state index contributed by atoms with van der Waals surface area (Å²) in [5, 5.41) is 0. The highest BCUT2D eigenvalue weighted by atomic mass is 16.6. The fourth-order valence-corrected chi connectivity index (χ4v) is 0.785. The van der Waals surface area contributed by atoms with Gasteiger partial charge in [0.2, 0.25) is 5.78 Å². The fourth-order valence-electron chi connectivity index (χ4n) is 0.785. The summed E-state index contributed by atoms with van der Waals surface area (Å²) < 4.78 is 4.77. The van der Waals surface area contributed by atoms with Crippen molar-refractivity contribution in [1.82, 2.24) is 0 Å². The first-order valence-electron chi connectivity index (χ1n) is 4.69. The number of carbonyl (C=O) groups is 3. The van der Waals surface area contributed by atoms with Gasteiger partial charge >= 0.3 is 11.8 Å². The molecule has 0 rings (SSSR count). The topological polar surface area (TPSA) is 60.4 Å². The van der Waals surface area contributed by atoms with Gasteiger partial charge < -0.3 is 4.74 Å². The maximum atomic E-state index is 11.2. The summed E-state index contributed by atoms with van der Waals surface area (Å²) in [6.45, 7) is 8.31. The summed E-state index contributed by atoms with van der Waals surface area (Å²) in [7, 11) is 0. The summed E-state index contributed by atoms with van der Waals surface area (Å²) in [6.07, 6.45) is 1.90. The molecule has 0 aromatic carbocycles. The molecular weight excluding hydrogens is 196 g/mol. The minimum Gasteiger partial charge on any atom is -0.454 e. The first-order chi connectivity index (χ1) is 6.78. The Hall–Kier alpha value is -1.45. The normalized spacial score (nSPS) is 10.6. The van der Waals surface area contributed by atoms with E-state index in [1.165, 1.54) is 6.08 Å². The van der Waals surface area contributed by atoms with E-state index in [-0.39, 0.29) is 6.42 Å². The number of esters is 1. The fraction of sp³-hybridized carbons (Fsp3) is 0.545. The van der Waals surface area contributed by atoms with Gasteiger partial charge in [0, 0.05) is 6.42 Å². The van der Waals surface area contributed by atoms with Gasteiger partial charge in [-0.25, -0.2) is 4.79 Å². The number of rotatable bonds is 5. The Morgan fingerprint density at radius 2 is 1.80 bits per heavy atom. The zero-order valence-electron chi connectivity index (χ0n) is 9.33. The molecule has 15 heavy (non-hydrogen) atoms.